The van der Waals surface area contributed by atoms with Crippen LogP contribution < -0.4 is 10.9 Å². The number of rotatable bonds is 10. The van der Waals surface area contributed by atoms with Crippen molar-refractivity contribution in [1.29, 1.82) is 0 Å². The summed E-state index contributed by atoms with van der Waals surface area (Å²) < 4.78 is 54.9. The first-order chi connectivity index (χ1) is 19.6. The minimum atomic E-state index is -2.01. The molecule has 13 heteroatoms. The SMILES string of the molecule is NC(=C(Cc1ccc([S+](N)[O-])c(F)c1)C(CC1CC1)=Nc1nc(C(=O)O)cs1)c1ccc(F)c(-c2ccc(F)s2)c1. The topological polar surface area (TPSA) is 138 Å². The second-order valence-corrected chi connectivity index (χ2v) is 12.4. The molecule has 0 radical (unpaired) electrons. The zero-order valence-corrected chi connectivity index (χ0v) is 23.7. The third kappa shape index (κ3) is 6.88. The van der Waals surface area contributed by atoms with E-state index in [2.05, 4.69) is 4.98 Å². The van der Waals surface area contributed by atoms with Crippen molar-refractivity contribution in [3.05, 3.63) is 93.1 Å². The van der Waals surface area contributed by atoms with Gasteiger partial charge in [-0.25, -0.2) is 23.6 Å². The molecule has 5 rings (SSSR count). The average Bonchev–Trinajstić information content (AvgIpc) is 3.43. The van der Waals surface area contributed by atoms with Crippen LogP contribution in [0.2, 0.25) is 0 Å². The number of allylic oxidation sites excluding steroid dienone is 1. The predicted molar refractivity (Wildman–Crippen MR) is 155 cm³/mol. The normalized spacial score (nSPS) is 15.1. The second-order valence-electron chi connectivity index (χ2n) is 9.46. The number of hydrogen-bond acceptors (Lipinski definition) is 8. The number of hydrogen-bond donors (Lipinski definition) is 3. The summed E-state index contributed by atoms with van der Waals surface area (Å²) in [5.41, 5.74) is 9.00. The van der Waals surface area contributed by atoms with Gasteiger partial charge < -0.3 is 15.4 Å². The van der Waals surface area contributed by atoms with Crippen molar-refractivity contribution < 1.29 is 27.6 Å². The van der Waals surface area contributed by atoms with E-state index in [1.54, 1.807) is 6.07 Å². The molecule has 1 aliphatic rings. The van der Waals surface area contributed by atoms with E-state index in [0.717, 1.165) is 35.5 Å². The summed E-state index contributed by atoms with van der Waals surface area (Å²) in [4.78, 5) is 20.4. The van der Waals surface area contributed by atoms with Gasteiger partial charge in [-0.3, -0.25) is 0 Å². The Bertz CT molecular complexity index is 1680. The molecule has 0 bridgehead atoms. The Labute approximate surface area is 244 Å². The van der Waals surface area contributed by atoms with Crippen LogP contribution in [0.1, 0.15) is 40.9 Å². The van der Waals surface area contributed by atoms with Gasteiger partial charge in [0.2, 0.25) is 10.0 Å². The summed E-state index contributed by atoms with van der Waals surface area (Å²) in [6.45, 7) is 0. The Morgan fingerprint density at radius 3 is 2.51 bits per heavy atom. The van der Waals surface area contributed by atoms with E-state index < -0.39 is 34.1 Å². The first-order valence-electron chi connectivity index (χ1n) is 12.3. The highest BCUT2D eigenvalue weighted by Crippen LogP contribution is 2.37. The van der Waals surface area contributed by atoms with E-state index in [1.165, 1.54) is 47.8 Å². The van der Waals surface area contributed by atoms with Gasteiger partial charge in [-0.1, -0.05) is 6.07 Å². The molecule has 1 unspecified atom stereocenters. The van der Waals surface area contributed by atoms with Crippen LogP contribution in [0, 0.1) is 22.7 Å². The number of carbonyl (C=O) groups is 1. The lowest BCUT2D eigenvalue weighted by Gasteiger charge is -2.17. The molecule has 4 aromatic rings. The van der Waals surface area contributed by atoms with E-state index >= 15 is 0 Å². The van der Waals surface area contributed by atoms with Gasteiger partial charge in [-0.2, -0.15) is 4.39 Å². The highest BCUT2D eigenvalue weighted by molar-refractivity contribution is 7.89. The summed E-state index contributed by atoms with van der Waals surface area (Å²) in [6.07, 6.45) is 2.56. The Hall–Kier alpha value is -3.49. The zero-order valence-electron chi connectivity index (χ0n) is 21.3. The van der Waals surface area contributed by atoms with Crippen LogP contribution in [0.3, 0.4) is 0 Å². The van der Waals surface area contributed by atoms with Crippen LogP contribution in [-0.2, 0) is 17.8 Å². The lowest BCUT2D eigenvalue weighted by atomic mass is 9.92. The fourth-order valence-corrected chi connectivity index (χ4v) is 6.14. The molecule has 2 aromatic heterocycles. The monoisotopic (exact) mass is 616 g/mol. The Morgan fingerprint density at radius 2 is 1.90 bits per heavy atom. The van der Waals surface area contributed by atoms with Crippen LogP contribution in [0.15, 0.2) is 69.4 Å². The molecule has 0 aliphatic heterocycles. The molecular formula is C28H23F3N4O3S3. The number of aliphatic imine (C=N–C) groups is 1. The van der Waals surface area contributed by atoms with Gasteiger partial charge in [-0.05, 0) is 78.8 Å². The van der Waals surface area contributed by atoms with Crippen LogP contribution in [0.5, 0.6) is 0 Å². The minimum Gasteiger partial charge on any atom is -0.593 e. The zero-order chi connectivity index (χ0) is 29.3. The van der Waals surface area contributed by atoms with E-state index in [9.17, 15) is 27.6 Å². The number of benzene rings is 2. The number of carboxylic acid groups (broad SMARTS) is 1. The van der Waals surface area contributed by atoms with E-state index in [0.29, 0.717) is 39.6 Å². The fraction of sp³-hybridized carbons (Fsp3) is 0.179. The maximum absolute atomic E-state index is 14.8. The van der Waals surface area contributed by atoms with Crippen molar-refractivity contribution >= 4 is 56.5 Å². The van der Waals surface area contributed by atoms with Gasteiger partial charge >= 0.3 is 5.97 Å². The van der Waals surface area contributed by atoms with Gasteiger partial charge in [0.15, 0.2) is 16.6 Å². The summed E-state index contributed by atoms with van der Waals surface area (Å²) in [5.74, 6) is -2.14. The number of thiophene rings is 1. The largest absolute Gasteiger partial charge is 0.593 e. The quantitative estimate of drug-likeness (QED) is 0.138. The van der Waals surface area contributed by atoms with Gasteiger partial charge in [0.25, 0.3) is 0 Å². The Morgan fingerprint density at radius 1 is 1.12 bits per heavy atom. The van der Waals surface area contributed by atoms with Gasteiger partial charge in [0.1, 0.15) is 5.82 Å². The molecule has 5 N–H and O–H groups in total. The summed E-state index contributed by atoms with van der Waals surface area (Å²) in [6, 6.07) is 11.2. The van der Waals surface area contributed by atoms with Crippen molar-refractivity contribution in [3.8, 4) is 10.4 Å². The van der Waals surface area contributed by atoms with Crippen molar-refractivity contribution in [2.75, 3.05) is 0 Å². The second kappa shape index (κ2) is 12.2. The molecule has 1 fully saturated rings. The molecule has 1 atom stereocenters. The van der Waals surface area contributed by atoms with Crippen LogP contribution >= 0.6 is 22.7 Å². The molecule has 1 saturated carbocycles. The lowest BCUT2D eigenvalue weighted by Crippen LogP contribution is -2.16. The maximum atomic E-state index is 14.8. The van der Waals surface area contributed by atoms with E-state index in [4.69, 9.17) is 15.9 Å². The Balaban J connectivity index is 1.65. The molecular weight excluding hydrogens is 594 g/mol. The van der Waals surface area contributed by atoms with Crippen molar-refractivity contribution in [3.63, 3.8) is 0 Å². The third-order valence-electron chi connectivity index (χ3n) is 6.50. The number of nitrogens with two attached hydrogens (primary N) is 2. The first kappa shape index (κ1) is 29.0. The summed E-state index contributed by atoms with van der Waals surface area (Å²) in [5, 5.41) is 15.8. The number of thiazole rings is 1. The molecule has 0 saturated heterocycles. The smallest absolute Gasteiger partial charge is 0.355 e. The van der Waals surface area contributed by atoms with Gasteiger partial charge in [0.05, 0.1) is 11.4 Å². The maximum Gasteiger partial charge on any atom is 0.355 e. The molecule has 212 valence electrons. The number of carboxylic acids is 1. The number of aromatic carboxylic acids is 1. The third-order valence-corrected chi connectivity index (χ3v) is 8.91. The molecule has 0 amide bonds. The van der Waals surface area contributed by atoms with Crippen LogP contribution in [-0.4, -0.2) is 26.3 Å². The first-order valence-corrected chi connectivity index (χ1v) is 15.3. The molecule has 0 spiro atoms. The van der Waals surface area contributed by atoms with E-state index in [-0.39, 0.29) is 33.4 Å². The molecule has 41 heavy (non-hydrogen) atoms. The van der Waals surface area contributed by atoms with E-state index in [1.807, 2.05) is 0 Å². The van der Waals surface area contributed by atoms with Crippen LogP contribution in [0.4, 0.5) is 18.3 Å². The van der Waals surface area contributed by atoms with Gasteiger partial charge in [0, 0.05) is 39.2 Å². The van der Waals surface area contributed by atoms with Crippen molar-refractivity contribution in [2.24, 2.45) is 21.8 Å². The average molecular weight is 617 g/mol. The molecule has 7 nitrogen and oxygen atoms in total. The molecule has 2 aromatic carbocycles. The minimum absolute atomic E-state index is 0.100. The Kier molecular flexibility index (Phi) is 8.61. The number of halogens is 3. The molecule has 2 heterocycles. The standard InChI is InChI=1S/C28H23F3N4O3S3/c29-19-5-4-16(12-17(19)23-6-8-25(31)40-23)26(32)18(9-15-3-7-24(41(33)38)20(30)10-15)21(11-14-1-2-14)34-28-35-22(13-39-28)27(36)37/h3-8,10,12-14H,1-2,9,11,32-33H2,(H,36,37). The van der Waals surface area contributed by atoms with Crippen molar-refractivity contribution in [2.45, 2.75) is 30.6 Å². The highest BCUT2D eigenvalue weighted by Gasteiger charge is 2.27. The number of nitrogens with zero attached hydrogens (tertiary/aromatic N) is 2. The fourth-order valence-electron chi connectivity index (χ4n) is 4.25. The highest BCUT2D eigenvalue weighted by atomic mass is 32.2. The predicted octanol–water partition coefficient (Wildman–Crippen LogP) is 6.45. The summed E-state index contributed by atoms with van der Waals surface area (Å²) in [7, 11) is 0. The summed E-state index contributed by atoms with van der Waals surface area (Å²) >= 11 is -0.145. The lowest BCUT2D eigenvalue weighted by molar-refractivity contribution is 0.0691. The van der Waals surface area contributed by atoms with Gasteiger partial charge in [-0.15, -0.1) is 27.8 Å². The van der Waals surface area contributed by atoms with Crippen molar-refractivity contribution in [1.82, 2.24) is 4.98 Å². The number of aromatic nitrogens is 1. The van der Waals surface area contributed by atoms with Crippen LogP contribution in [0.25, 0.3) is 16.1 Å². The molecule has 1 aliphatic carbocycles.